The predicted molar refractivity (Wildman–Crippen MR) is 97.6 cm³/mol. The van der Waals surface area contributed by atoms with Gasteiger partial charge >= 0.3 is 6.01 Å². The Hall–Kier alpha value is -3.36. The molecule has 0 saturated carbocycles. The van der Waals surface area contributed by atoms with Crippen molar-refractivity contribution in [1.82, 2.24) is 20.0 Å². The van der Waals surface area contributed by atoms with E-state index in [9.17, 15) is 4.79 Å². The second-order valence-corrected chi connectivity index (χ2v) is 5.91. The Labute approximate surface area is 156 Å². The minimum absolute atomic E-state index is 0.00167. The lowest BCUT2D eigenvalue weighted by Gasteiger charge is -2.07. The minimum Gasteiger partial charge on any atom is -0.494 e. The molecule has 9 heteroatoms. The van der Waals surface area contributed by atoms with E-state index in [0.29, 0.717) is 18.1 Å². The maximum absolute atomic E-state index is 12.0. The molecule has 2 heterocycles. The van der Waals surface area contributed by atoms with Crippen LogP contribution < -0.4 is 14.8 Å². The molecule has 0 fully saturated rings. The van der Waals surface area contributed by atoms with E-state index in [1.165, 1.54) is 0 Å². The first-order valence-corrected chi connectivity index (χ1v) is 8.59. The van der Waals surface area contributed by atoms with Crippen LogP contribution in [0.4, 0.5) is 6.01 Å². The van der Waals surface area contributed by atoms with Gasteiger partial charge in [0, 0.05) is 12.2 Å². The van der Waals surface area contributed by atoms with Crippen molar-refractivity contribution in [3.8, 4) is 23.1 Å². The standard InChI is InChI=1S/C18H21N5O4/c1-4-25-13-5-7-14(8-6-13)26-11-16(24)20-18-22-21-17(27-18)15-9-10-19-23(15)12(2)3/h5-10,12H,4,11H2,1-3H3,(H,20,22,24). The number of nitrogens with zero attached hydrogens (tertiary/aromatic N) is 4. The monoisotopic (exact) mass is 371 g/mol. The topological polar surface area (TPSA) is 104 Å². The second kappa shape index (κ2) is 8.35. The van der Waals surface area contributed by atoms with Crippen LogP contribution in [0.2, 0.25) is 0 Å². The summed E-state index contributed by atoms with van der Waals surface area (Å²) in [6, 6.07) is 8.93. The highest BCUT2D eigenvalue weighted by Crippen LogP contribution is 2.22. The number of aromatic nitrogens is 4. The van der Waals surface area contributed by atoms with Gasteiger partial charge in [-0.15, -0.1) is 5.10 Å². The van der Waals surface area contributed by atoms with E-state index >= 15 is 0 Å². The van der Waals surface area contributed by atoms with Crippen molar-refractivity contribution in [1.29, 1.82) is 0 Å². The van der Waals surface area contributed by atoms with E-state index in [1.807, 2.05) is 20.8 Å². The van der Waals surface area contributed by atoms with Gasteiger partial charge in [-0.1, -0.05) is 5.10 Å². The largest absolute Gasteiger partial charge is 0.494 e. The number of ether oxygens (including phenoxy) is 2. The summed E-state index contributed by atoms with van der Waals surface area (Å²) in [5.74, 6) is 1.18. The lowest BCUT2D eigenvalue weighted by molar-refractivity contribution is -0.118. The molecule has 0 aliphatic heterocycles. The van der Waals surface area contributed by atoms with E-state index in [1.54, 1.807) is 41.2 Å². The maximum Gasteiger partial charge on any atom is 0.322 e. The molecule has 142 valence electrons. The molecule has 1 aromatic carbocycles. The first-order valence-electron chi connectivity index (χ1n) is 8.59. The van der Waals surface area contributed by atoms with Crippen molar-refractivity contribution in [2.75, 3.05) is 18.5 Å². The third kappa shape index (κ3) is 4.63. The first kappa shape index (κ1) is 18.4. The summed E-state index contributed by atoms with van der Waals surface area (Å²) in [6.07, 6.45) is 1.66. The molecular formula is C18H21N5O4. The number of hydrogen-bond donors (Lipinski definition) is 1. The van der Waals surface area contributed by atoms with Crippen molar-refractivity contribution in [3.05, 3.63) is 36.5 Å². The SMILES string of the molecule is CCOc1ccc(OCC(=O)Nc2nnc(-c3ccnn3C(C)C)o2)cc1. The van der Waals surface area contributed by atoms with Gasteiger partial charge in [-0.3, -0.25) is 14.8 Å². The third-order valence-corrected chi connectivity index (χ3v) is 3.55. The summed E-state index contributed by atoms with van der Waals surface area (Å²) in [7, 11) is 0. The molecule has 27 heavy (non-hydrogen) atoms. The molecule has 0 aliphatic carbocycles. The van der Waals surface area contributed by atoms with Gasteiger partial charge in [-0.2, -0.15) is 5.10 Å². The molecule has 3 aromatic rings. The first-order chi connectivity index (χ1) is 13.1. The Morgan fingerprint density at radius 3 is 2.52 bits per heavy atom. The lowest BCUT2D eigenvalue weighted by Crippen LogP contribution is -2.20. The number of anilines is 1. The van der Waals surface area contributed by atoms with E-state index < -0.39 is 5.91 Å². The van der Waals surface area contributed by atoms with Crippen molar-refractivity contribution < 1.29 is 18.7 Å². The zero-order valence-electron chi connectivity index (χ0n) is 15.4. The van der Waals surface area contributed by atoms with Gasteiger partial charge in [-0.25, -0.2) is 0 Å². The Morgan fingerprint density at radius 2 is 1.85 bits per heavy atom. The van der Waals surface area contributed by atoms with Crippen LogP contribution in [0.15, 0.2) is 40.9 Å². The van der Waals surface area contributed by atoms with Gasteiger partial charge in [0.1, 0.15) is 17.2 Å². The van der Waals surface area contributed by atoms with Crippen LogP contribution in [0, 0.1) is 0 Å². The summed E-state index contributed by atoms with van der Waals surface area (Å²) >= 11 is 0. The van der Waals surface area contributed by atoms with Gasteiger partial charge < -0.3 is 13.9 Å². The smallest absolute Gasteiger partial charge is 0.322 e. The highest BCUT2D eigenvalue weighted by atomic mass is 16.5. The lowest BCUT2D eigenvalue weighted by atomic mass is 10.3. The number of amides is 1. The molecule has 1 amide bonds. The summed E-state index contributed by atoms with van der Waals surface area (Å²) in [5.41, 5.74) is 0.684. The quantitative estimate of drug-likeness (QED) is 0.649. The van der Waals surface area contributed by atoms with Crippen molar-refractivity contribution in [2.45, 2.75) is 26.8 Å². The second-order valence-electron chi connectivity index (χ2n) is 5.91. The van der Waals surface area contributed by atoms with Crippen LogP contribution in [-0.2, 0) is 4.79 Å². The predicted octanol–water partition coefficient (Wildman–Crippen LogP) is 2.93. The molecule has 0 bridgehead atoms. The van der Waals surface area contributed by atoms with E-state index in [4.69, 9.17) is 13.9 Å². The molecule has 3 rings (SSSR count). The number of benzene rings is 1. The van der Waals surface area contributed by atoms with Gasteiger partial charge in [-0.05, 0) is 51.1 Å². The molecule has 2 aromatic heterocycles. The zero-order chi connectivity index (χ0) is 19.2. The molecular weight excluding hydrogens is 350 g/mol. The Kier molecular flexibility index (Phi) is 5.70. The highest BCUT2D eigenvalue weighted by Gasteiger charge is 2.16. The third-order valence-electron chi connectivity index (χ3n) is 3.55. The average molecular weight is 371 g/mol. The van der Waals surface area contributed by atoms with Crippen LogP contribution in [0.25, 0.3) is 11.6 Å². The summed E-state index contributed by atoms with van der Waals surface area (Å²) < 4.78 is 18.0. The van der Waals surface area contributed by atoms with E-state index in [0.717, 1.165) is 5.75 Å². The van der Waals surface area contributed by atoms with Crippen molar-refractivity contribution in [3.63, 3.8) is 0 Å². The molecule has 0 unspecified atom stereocenters. The van der Waals surface area contributed by atoms with Crippen molar-refractivity contribution in [2.24, 2.45) is 0 Å². The van der Waals surface area contributed by atoms with Crippen LogP contribution in [0.5, 0.6) is 11.5 Å². The molecule has 0 spiro atoms. The number of hydrogen-bond acceptors (Lipinski definition) is 7. The summed E-state index contributed by atoms with van der Waals surface area (Å²) in [4.78, 5) is 12.0. The van der Waals surface area contributed by atoms with E-state index in [2.05, 4.69) is 20.6 Å². The zero-order valence-corrected chi connectivity index (χ0v) is 15.4. The van der Waals surface area contributed by atoms with Gasteiger partial charge in [0.25, 0.3) is 11.8 Å². The van der Waals surface area contributed by atoms with Crippen LogP contribution >= 0.6 is 0 Å². The number of carbonyl (C=O) groups excluding carboxylic acids is 1. The summed E-state index contributed by atoms with van der Waals surface area (Å²) in [6.45, 7) is 6.30. The van der Waals surface area contributed by atoms with Gasteiger partial charge in [0.05, 0.1) is 6.61 Å². The molecule has 0 aliphatic rings. The normalized spacial score (nSPS) is 10.8. The molecule has 0 saturated heterocycles. The maximum atomic E-state index is 12.0. The fourth-order valence-electron chi connectivity index (χ4n) is 2.38. The Morgan fingerprint density at radius 1 is 1.15 bits per heavy atom. The molecule has 0 radical (unpaired) electrons. The number of nitrogens with one attached hydrogen (secondary N) is 1. The Bertz CT molecular complexity index is 885. The van der Waals surface area contributed by atoms with Crippen LogP contribution in [-0.4, -0.2) is 39.1 Å². The van der Waals surface area contributed by atoms with Crippen molar-refractivity contribution >= 4 is 11.9 Å². The molecule has 1 N–H and O–H groups in total. The molecule has 9 nitrogen and oxygen atoms in total. The average Bonchev–Trinajstić information content (AvgIpc) is 3.30. The Balaban J connectivity index is 1.55. The molecule has 0 atom stereocenters. The van der Waals surface area contributed by atoms with Gasteiger partial charge in [0.2, 0.25) is 0 Å². The van der Waals surface area contributed by atoms with Gasteiger partial charge in [0.15, 0.2) is 6.61 Å². The fourth-order valence-corrected chi connectivity index (χ4v) is 2.38. The summed E-state index contributed by atoms with van der Waals surface area (Å²) in [5, 5.41) is 14.5. The van der Waals surface area contributed by atoms with Crippen LogP contribution in [0.3, 0.4) is 0 Å². The number of rotatable bonds is 8. The number of carbonyl (C=O) groups is 1. The van der Waals surface area contributed by atoms with Crippen LogP contribution in [0.1, 0.15) is 26.8 Å². The highest BCUT2D eigenvalue weighted by molar-refractivity contribution is 5.89. The van der Waals surface area contributed by atoms with E-state index in [-0.39, 0.29) is 24.6 Å². The fraction of sp³-hybridized carbons (Fsp3) is 0.333. The minimum atomic E-state index is -0.406.